The highest BCUT2D eigenvalue weighted by Gasteiger charge is 2.28. The SMILES string of the molecule is [2H]C([2H])([2H])n1nc(CCC)c(NC(=O)c2cc(S(=O)(=O)NCCC3CCCN3C)ccc2OCCC)c1C(N)=O.[2H]C([2H])([2H])n1nc(CCC)c2nc(-c3cc(S(=O)(=O)NCCC4CCCN4C)ccc3OCCC)[nH]c(=O)c21. The van der Waals surface area contributed by atoms with Gasteiger partial charge in [0.15, 0.2) is 5.52 Å². The Labute approximate surface area is 437 Å². The number of likely N-dealkylation sites (tertiary alicyclic amines) is 2. The third-order valence-electron chi connectivity index (χ3n) is 12.8. The fraction of sp³-hybridized carbons (Fsp3) is 0.560. The summed E-state index contributed by atoms with van der Waals surface area (Å²) in [5.74, 6) is -1.33. The number of hydrogen-bond acceptors (Lipinski definition) is 14. The van der Waals surface area contributed by atoms with Crippen LogP contribution in [0.5, 0.6) is 11.5 Å². The van der Waals surface area contributed by atoms with Gasteiger partial charge in [-0.15, -0.1) is 0 Å². The van der Waals surface area contributed by atoms with Gasteiger partial charge in [0.05, 0.1) is 51.2 Å². The van der Waals surface area contributed by atoms with E-state index in [0.29, 0.717) is 86.3 Å². The Kier molecular flexibility index (Phi) is 16.8. The molecule has 0 saturated carbocycles. The number of nitrogens with zero attached hydrogens (tertiary/aromatic N) is 7. The number of rotatable bonds is 24. The molecule has 400 valence electrons. The van der Waals surface area contributed by atoms with Gasteiger partial charge in [-0.3, -0.25) is 23.7 Å². The number of aryl methyl sites for hydroxylation is 4. The summed E-state index contributed by atoms with van der Waals surface area (Å²) in [5.41, 5.74) is 4.94. The summed E-state index contributed by atoms with van der Waals surface area (Å²) in [6.45, 7) is 5.25. The average molecular weight is 1060 g/mol. The quantitative estimate of drug-likeness (QED) is 0.0538. The number of amides is 2. The second-order valence-corrected chi connectivity index (χ2v) is 21.8. The number of ether oxygens (including phenoxy) is 2. The molecule has 7 rings (SSSR count). The van der Waals surface area contributed by atoms with E-state index in [1.54, 1.807) is 6.07 Å². The van der Waals surface area contributed by atoms with E-state index in [0.717, 1.165) is 43.5 Å². The van der Waals surface area contributed by atoms with Crippen LogP contribution in [0.4, 0.5) is 5.69 Å². The van der Waals surface area contributed by atoms with Gasteiger partial charge in [0, 0.05) is 47.3 Å². The largest absolute Gasteiger partial charge is 0.493 e. The van der Waals surface area contributed by atoms with E-state index in [1.807, 2.05) is 41.8 Å². The monoisotopic (exact) mass is 1060 g/mol. The van der Waals surface area contributed by atoms with Crippen LogP contribution in [0.3, 0.4) is 0 Å². The lowest BCUT2D eigenvalue weighted by Gasteiger charge is -2.19. The molecule has 2 fully saturated rings. The number of H-pyrrole nitrogens is 1. The van der Waals surface area contributed by atoms with Gasteiger partial charge in [-0.05, 0) is 128 Å². The predicted octanol–water partition coefficient (Wildman–Crippen LogP) is 5.10. The van der Waals surface area contributed by atoms with E-state index in [-0.39, 0.29) is 74.5 Å². The Morgan fingerprint density at radius 1 is 0.781 bits per heavy atom. The minimum Gasteiger partial charge on any atom is -0.493 e. The molecule has 73 heavy (non-hydrogen) atoms. The topological polar surface area (TPSA) is 271 Å². The summed E-state index contributed by atoms with van der Waals surface area (Å²) in [5, 5.41) is 10.8. The molecule has 2 aliphatic heterocycles. The molecule has 6 N–H and O–H groups in total. The summed E-state index contributed by atoms with van der Waals surface area (Å²) < 4.78 is 117. The molecule has 5 heterocycles. The number of carbonyl (C=O) groups is 2. The highest BCUT2D eigenvalue weighted by Crippen LogP contribution is 2.32. The molecule has 2 aliphatic rings. The molecule has 2 unspecified atom stereocenters. The molecule has 0 spiro atoms. The maximum absolute atomic E-state index is 13.5. The van der Waals surface area contributed by atoms with Crippen molar-refractivity contribution < 1.29 is 44.1 Å². The Morgan fingerprint density at radius 2 is 1.33 bits per heavy atom. The van der Waals surface area contributed by atoms with Gasteiger partial charge >= 0.3 is 0 Å². The van der Waals surface area contributed by atoms with Crippen LogP contribution in [0.15, 0.2) is 51.0 Å². The number of benzene rings is 2. The predicted molar refractivity (Wildman–Crippen MR) is 281 cm³/mol. The summed E-state index contributed by atoms with van der Waals surface area (Å²) in [6.07, 6.45) is 8.84. The number of hydrogen-bond donors (Lipinski definition) is 5. The maximum atomic E-state index is 13.5. The third-order valence-corrected chi connectivity index (χ3v) is 15.7. The highest BCUT2D eigenvalue weighted by atomic mass is 32.2. The molecule has 0 bridgehead atoms. The second kappa shape index (κ2) is 25.5. The van der Waals surface area contributed by atoms with Gasteiger partial charge in [0.2, 0.25) is 20.0 Å². The van der Waals surface area contributed by atoms with Crippen LogP contribution in [0.2, 0.25) is 0 Å². The van der Waals surface area contributed by atoms with Crippen molar-refractivity contribution in [2.75, 3.05) is 58.8 Å². The molecular weight excluding hydrogens is 977 g/mol. The summed E-state index contributed by atoms with van der Waals surface area (Å²) in [6, 6.07) is 9.04. The summed E-state index contributed by atoms with van der Waals surface area (Å²) in [7, 11) is -3.75. The van der Waals surface area contributed by atoms with Crippen molar-refractivity contribution >= 4 is 48.6 Å². The Hall–Kier alpha value is -5.72. The lowest BCUT2D eigenvalue weighted by atomic mass is 10.1. The van der Waals surface area contributed by atoms with E-state index in [4.69, 9.17) is 23.4 Å². The molecule has 3 aromatic heterocycles. The zero-order valence-electron chi connectivity index (χ0n) is 48.5. The molecular formula is C50H74N12O9S2. The van der Waals surface area contributed by atoms with E-state index < -0.39 is 57.1 Å². The fourth-order valence-electron chi connectivity index (χ4n) is 9.00. The van der Waals surface area contributed by atoms with E-state index in [9.17, 15) is 31.2 Å². The van der Waals surface area contributed by atoms with Crippen LogP contribution in [-0.2, 0) is 46.8 Å². The van der Waals surface area contributed by atoms with Crippen molar-refractivity contribution in [2.24, 2.45) is 19.7 Å². The molecule has 0 radical (unpaired) electrons. The molecule has 2 aromatic carbocycles. The second-order valence-electron chi connectivity index (χ2n) is 18.3. The van der Waals surface area contributed by atoms with Crippen LogP contribution in [-0.4, -0.2) is 134 Å². The van der Waals surface area contributed by atoms with Crippen LogP contribution in [0, 0.1) is 0 Å². The average Bonchev–Trinajstić information content (AvgIpc) is 4.42. The number of carbonyl (C=O) groups excluding carboxylic acids is 2. The summed E-state index contributed by atoms with van der Waals surface area (Å²) >= 11 is 0. The highest BCUT2D eigenvalue weighted by molar-refractivity contribution is 7.89. The lowest BCUT2D eigenvalue weighted by Crippen LogP contribution is -2.32. The minimum atomic E-state index is -3.96. The van der Waals surface area contributed by atoms with Crippen LogP contribution < -0.4 is 35.5 Å². The zero-order valence-corrected chi connectivity index (χ0v) is 44.2. The van der Waals surface area contributed by atoms with E-state index >= 15 is 0 Å². The minimum absolute atomic E-state index is 0.0100. The Morgan fingerprint density at radius 3 is 1.86 bits per heavy atom. The number of primary amides is 1. The smallest absolute Gasteiger partial charge is 0.277 e. The van der Waals surface area contributed by atoms with Crippen LogP contribution >= 0.6 is 0 Å². The van der Waals surface area contributed by atoms with Crippen molar-refractivity contribution in [3.63, 3.8) is 0 Å². The fourth-order valence-corrected chi connectivity index (χ4v) is 11.1. The lowest BCUT2D eigenvalue weighted by molar-refractivity contribution is 0.0992. The molecule has 5 aromatic rings. The van der Waals surface area contributed by atoms with Gasteiger partial charge in [-0.25, -0.2) is 31.3 Å². The van der Waals surface area contributed by atoms with Crippen molar-refractivity contribution in [2.45, 2.75) is 127 Å². The first-order chi connectivity index (χ1) is 37.3. The number of aromatic amines is 1. The molecule has 0 aliphatic carbocycles. The normalized spacial score (nSPS) is 18.0. The van der Waals surface area contributed by atoms with Crippen LogP contribution in [0.25, 0.3) is 22.4 Å². The number of nitrogens with two attached hydrogens (primary N) is 1. The van der Waals surface area contributed by atoms with Gasteiger partial charge in [0.1, 0.15) is 28.5 Å². The van der Waals surface area contributed by atoms with Crippen molar-refractivity contribution in [1.82, 2.24) is 48.8 Å². The molecule has 2 saturated heterocycles. The van der Waals surface area contributed by atoms with Gasteiger partial charge < -0.3 is 35.3 Å². The summed E-state index contributed by atoms with van der Waals surface area (Å²) in [4.78, 5) is 50.5. The molecule has 21 nitrogen and oxygen atoms in total. The number of fused-ring (bicyclic) bond motifs is 1. The van der Waals surface area contributed by atoms with E-state index in [1.165, 1.54) is 30.3 Å². The maximum Gasteiger partial charge on any atom is 0.277 e. The Bertz CT molecular complexity index is 3240. The van der Waals surface area contributed by atoms with E-state index in [2.05, 4.69) is 44.7 Å². The molecule has 2 amide bonds. The van der Waals surface area contributed by atoms with Crippen molar-refractivity contribution in [1.29, 1.82) is 0 Å². The molecule has 2 atom stereocenters. The number of anilines is 1. The standard InChI is InChI=1S/C25H38N6O5S.C25H36N6O4S/c1-5-8-20-22(23(24(26)32)31(4)29-20)28-25(33)19-16-18(10-11-21(19)36-15-6-2)37(34,35)27-13-12-17-9-7-14-30(17)3;1-5-8-20-22-23(31(4)29-20)25(32)28-24(27-22)19-16-18(10-11-21(19)35-15-6-2)36(33,34)26-13-12-17-9-7-14-30(17)3/h10-11,16-17,27H,5-9,12-15H2,1-4H3,(H2,26,32)(H,28,33);10-11,16-17,26H,5-9,12-15H2,1-4H3,(H,27,28,32)/i2*4D3. The number of aromatic nitrogens is 6. The first kappa shape index (κ1) is 48.2. The van der Waals surface area contributed by atoms with Crippen molar-refractivity contribution in [3.8, 4) is 22.9 Å². The van der Waals surface area contributed by atoms with Crippen LogP contribution in [0.1, 0.15) is 132 Å². The van der Waals surface area contributed by atoms with Gasteiger partial charge in [-0.2, -0.15) is 10.2 Å². The number of nitrogens with one attached hydrogen (secondary N) is 4. The molecule has 23 heteroatoms. The van der Waals surface area contributed by atoms with Crippen molar-refractivity contribution in [3.05, 3.63) is 69.4 Å². The first-order valence-electron chi connectivity index (χ1n) is 28.0. The number of sulfonamides is 2. The Balaban J connectivity index is 0.000000255. The van der Waals surface area contributed by atoms with Gasteiger partial charge in [-0.1, -0.05) is 40.5 Å². The zero-order chi connectivity index (χ0) is 58.0. The third kappa shape index (κ3) is 13.9. The van der Waals surface area contributed by atoms with Gasteiger partial charge in [0.25, 0.3) is 17.4 Å². The first-order valence-corrected chi connectivity index (χ1v) is 27.9.